The number of aryl methyl sites for hydroxylation is 1. The topological polar surface area (TPSA) is 75.3 Å². The molecule has 1 unspecified atom stereocenters. The summed E-state index contributed by atoms with van der Waals surface area (Å²) in [4.78, 5) is 7.46. The zero-order valence-electron chi connectivity index (χ0n) is 14.0. The molecule has 26 heavy (non-hydrogen) atoms. The van der Waals surface area contributed by atoms with E-state index in [4.69, 9.17) is 0 Å². The van der Waals surface area contributed by atoms with Gasteiger partial charge in [-0.15, -0.1) is 5.10 Å². The second-order valence-corrected chi connectivity index (χ2v) is 5.93. The average molecular weight is 365 g/mol. The van der Waals surface area contributed by atoms with Gasteiger partial charge in [0.2, 0.25) is 0 Å². The van der Waals surface area contributed by atoms with Crippen molar-refractivity contribution in [3.05, 3.63) is 53.5 Å². The quantitative estimate of drug-likeness (QED) is 0.702. The SMILES string of the molecule is Cc1cc(NCC(CCO)c2ccccc2)n2nc(C(F)(F)F)nc2n1. The van der Waals surface area contributed by atoms with Crippen LogP contribution in [0.5, 0.6) is 0 Å². The first-order valence-electron chi connectivity index (χ1n) is 8.10. The van der Waals surface area contributed by atoms with Crippen LogP contribution >= 0.6 is 0 Å². The molecular weight excluding hydrogens is 347 g/mol. The molecule has 2 aromatic heterocycles. The van der Waals surface area contributed by atoms with Gasteiger partial charge in [0.05, 0.1) is 0 Å². The van der Waals surface area contributed by atoms with Crippen molar-refractivity contribution < 1.29 is 18.3 Å². The van der Waals surface area contributed by atoms with Gasteiger partial charge in [0.1, 0.15) is 5.82 Å². The molecule has 1 atom stereocenters. The van der Waals surface area contributed by atoms with Gasteiger partial charge in [0.15, 0.2) is 0 Å². The standard InChI is InChI=1S/C17H18F3N5O/c1-11-9-14(25-16(22-11)23-15(24-25)17(18,19)20)21-10-13(7-8-26)12-5-3-2-4-6-12/h2-6,9,13,21,26H,7-8,10H2,1H3. The molecule has 2 N–H and O–H groups in total. The summed E-state index contributed by atoms with van der Waals surface area (Å²) in [6.45, 7) is 2.10. The molecule has 0 saturated carbocycles. The number of aliphatic hydroxyl groups excluding tert-OH is 1. The number of fused-ring (bicyclic) bond motifs is 1. The Morgan fingerprint density at radius 1 is 1.19 bits per heavy atom. The van der Waals surface area contributed by atoms with E-state index in [0.29, 0.717) is 24.5 Å². The highest BCUT2D eigenvalue weighted by Gasteiger charge is 2.36. The van der Waals surface area contributed by atoms with Crippen LogP contribution in [-0.2, 0) is 6.18 Å². The van der Waals surface area contributed by atoms with E-state index in [-0.39, 0.29) is 18.3 Å². The molecule has 138 valence electrons. The Balaban J connectivity index is 1.88. The maximum absolute atomic E-state index is 12.9. The number of alkyl halides is 3. The van der Waals surface area contributed by atoms with Gasteiger partial charge < -0.3 is 10.4 Å². The van der Waals surface area contributed by atoms with Gasteiger partial charge in [-0.1, -0.05) is 30.3 Å². The second-order valence-electron chi connectivity index (χ2n) is 5.93. The summed E-state index contributed by atoms with van der Waals surface area (Å²) >= 11 is 0. The summed E-state index contributed by atoms with van der Waals surface area (Å²) in [5.41, 5.74) is 1.56. The molecule has 0 amide bonds. The fourth-order valence-electron chi connectivity index (χ4n) is 2.73. The van der Waals surface area contributed by atoms with E-state index in [9.17, 15) is 18.3 Å². The van der Waals surface area contributed by atoms with Gasteiger partial charge >= 0.3 is 6.18 Å². The predicted octanol–water partition coefficient (Wildman–Crippen LogP) is 3.03. The Morgan fingerprint density at radius 3 is 2.58 bits per heavy atom. The van der Waals surface area contributed by atoms with Gasteiger partial charge in [-0.3, -0.25) is 0 Å². The normalized spacial score (nSPS) is 13.1. The highest BCUT2D eigenvalue weighted by atomic mass is 19.4. The summed E-state index contributed by atoms with van der Waals surface area (Å²) in [6, 6.07) is 11.2. The first-order chi connectivity index (χ1) is 12.4. The number of hydrogen-bond donors (Lipinski definition) is 2. The van der Waals surface area contributed by atoms with E-state index < -0.39 is 12.0 Å². The van der Waals surface area contributed by atoms with Crippen LogP contribution in [0.1, 0.15) is 29.4 Å². The lowest BCUT2D eigenvalue weighted by atomic mass is 9.96. The fourth-order valence-corrected chi connectivity index (χ4v) is 2.73. The Hall–Kier alpha value is -2.68. The summed E-state index contributed by atoms with van der Waals surface area (Å²) in [5, 5.41) is 16.0. The van der Waals surface area contributed by atoms with Gasteiger partial charge in [0, 0.05) is 30.8 Å². The van der Waals surface area contributed by atoms with E-state index in [1.807, 2.05) is 30.3 Å². The van der Waals surface area contributed by atoms with E-state index >= 15 is 0 Å². The molecule has 0 saturated heterocycles. The van der Waals surface area contributed by atoms with Gasteiger partial charge in [0.25, 0.3) is 11.6 Å². The number of anilines is 1. The fraction of sp³-hybridized carbons (Fsp3) is 0.353. The molecular formula is C17H18F3N5O. The minimum Gasteiger partial charge on any atom is -0.396 e. The largest absolute Gasteiger partial charge is 0.453 e. The highest BCUT2D eigenvalue weighted by molar-refractivity contribution is 5.46. The lowest BCUT2D eigenvalue weighted by Gasteiger charge is -2.18. The van der Waals surface area contributed by atoms with Crippen LogP contribution in [0.4, 0.5) is 19.0 Å². The molecule has 0 spiro atoms. The molecule has 3 aromatic rings. The number of aliphatic hydroxyl groups is 1. The van der Waals surface area contributed by atoms with Crippen LogP contribution < -0.4 is 5.32 Å². The minimum atomic E-state index is -4.64. The summed E-state index contributed by atoms with van der Waals surface area (Å²) in [6.07, 6.45) is -4.11. The van der Waals surface area contributed by atoms with Crippen molar-refractivity contribution in [3.8, 4) is 0 Å². The smallest absolute Gasteiger partial charge is 0.396 e. The highest BCUT2D eigenvalue weighted by Crippen LogP contribution is 2.27. The van der Waals surface area contributed by atoms with Crippen LogP contribution in [0.15, 0.2) is 36.4 Å². The molecule has 9 heteroatoms. The number of aromatic nitrogens is 4. The zero-order valence-corrected chi connectivity index (χ0v) is 14.0. The molecule has 0 radical (unpaired) electrons. The van der Waals surface area contributed by atoms with Gasteiger partial charge in [-0.05, 0) is 18.9 Å². The third-order valence-electron chi connectivity index (χ3n) is 3.97. The number of nitrogens with zero attached hydrogens (tertiary/aromatic N) is 4. The molecule has 3 rings (SSSR count). The number of benzene rings is 1. The van der Waals surface area contributed by atoms with Crippen LogP contribution in [0.3, 0.4) is 0 Å². The third-order valence-corrected chi connectivity index (χ3v) is 3.97. The third kappa shape index (κ3) is 3.93. The molecule has 2 heterocycles. The average Bonchev–Trinajstić information content (AvgIpc) is 3.03. The van der Waals surface area contributed by atoms with E-state index in [0.717, 1.165) is 10.1 Å². The lowest BCUT2D eigenvalue weighted by molar-refractivity contribution is -0.144. The maximum Gasteiger partial charge on any atom is 0.453 e. The van der Waals surface area contributed by atoms with E-state index in [2.05, 4.69) is 20.4 Å². The summed E-state index contributed by atoms with van der Waals surface area (Å²) in [5.74, 6) is -0.975. The summed E-state index contributed by atoms with van der Waals surface area (Å²) < 4.78 is 39.7. The Kier molecular flexibility index (Phi) is 5.08. The van der Waals surface area contributed by atoms with Crippen molar-refractivity contribution >= 4 is 11.6 Å². The first-order valence-corrected chi connectivity index (χ1v) is 8.10. The Bertz CT molecular complexity index is 879. The van der Waals surface area contributed by atoms with Crippen molar-refractivity contribution in [2.75, 3.05) is 18.5 Å². The van der Waals surface area contributed by atoms with Crippen LogP contribution in [0.25, 0.3) is 5.78 Å². The van der Waals surface area contributed by atoms with E-state index in [1.165, 1.54) is 0 Å². The predicted molar refractivity (Wildman–Crippen MR) is 89.9 cm³/mol. The van der Waals surface area contributed by atoms with Crippen molar-refractivity contribution in [1.29, 1.82) is 0 Å². The van der Waals surface area contributed by atoms with Gasteiger partial charge in [-0.2, -0.15) is 22.7 Å². The van der Waals surface area contributed by atoms with Crippen LogP contribution in [-0.4, -0.2) is 37.8 Å². The number of halogens is 3. The first kappa shape index (κ1) is 18.1. The zero-order chi connectivity index (χ0) is 18.7. The molecule has 0 aliphatic heterocycles. The van der Waals surface area contributed by atoms with Crippen molar-refractivity contribution in [3.63, 3.8) is 0 Å². The molecule has 0 bridgehead atoms. The molecule has 0 fully saturated rings. The number of hydrogen-bond acceptors (Lipinski definition) is 5. The van der Waals surface area contributed by atoms with Crippen LogP contribution in [0.2, 0.25) is 0 Å². The van der Waals surface area contributed by atoms with Crippen LogP contribution in [0, 0.1) is 6.92 Å². The number of rotatable bonds is 6. The van der Waals surface area contributed by atoms with Crippen molar-refractivity contribution in [2.45, 2.75) is 25.4 Å². The Morgan fingerprint density at radius 2 is 1.92 bits per heavy atom. The monoisotopic (exact) mass is 365 g/mol. The Labute approximate surface area is 147 Å². The summed E-state index contributed by atoms with van der Waals surface area (Å²) in [7, 11) is 0. The maximum atomic E-state index is 12.9. The lowest BCUT2D eigenvalue weighted by Crippen LogP contribution is -2.16. The molecule has 1 aromatic carbocycles. The molecule has 6 nitrogen and oxygen atoms in total. The van der Waals surface area contributed by atoms with E-state index in [1.54, 1.807) is 13.0 Å². The van der Waals surface area contributed by atoms with Crippen molar-refractivity contribution in [1.82, 2.24) is 19.6 Å². The number of nitrogens with one attached hydrogen (secondary N) is 1. The van der Waals surface area contributed by atoms with Gasteiger partial charge in [-0.25, -0.2) is 4.98 Å². The minimum absolute atomic E-state index is 0.00432. The molecule has 0 aliphatic carbocycles. The molecule has 0 aliphatic rings. The second kappa shape index (κ2) is 7.28. The van der Waals surface area contributed by atoms with Crippen molar-refractivity contribution in [2.24, 2.45) is 0 Å².